The number of rotatable bonds is 3. The minimum Gasteiger partial charge on any atom is -0.493 e. The van der Waals surface area contributed by atoms with Crippen LogP contribution in [0.5, 0.6) is 5.75 Å². The predicted octanol–water partition coefficient (Wildman–Crippen LogP) is 2.51. The minimum absolute atomic E-state index is 0.136. The molecular formula is C10H14FNO. The normalized spacial score (nSPS) is 10.1. The molecule has 0 fully saturated rings. The Hall–Kier alpha value is -1.25. The van der Waals surface area contributed by atoms with Crippen molar-refractivity contribution in [3.8, 4) is 5.75 Å². The van der Waals surface area contributed by atoms with Gasteiger partial charge >= 0.3 is 0 Å². The van der Waals surface area contributed by atoms with Crippen molar-refractivity contribution in [1.29, 1.82) is 0 Å². The van der Waals surface area contributed by atoms with Crippen LogP contribution >= 0.6 is 0 Å². The van der Waals surface area contributed by atoms with E-state index in [9.17, 15) is 4.39 Å². The molecule has 0 saturated carbocycles. The van der Waals surface area contributed by atoms with Crippen molar-refractivity contribution in [3.05, 3.63) is 23.5 Å². The fourth-order valence-electron chi connectivity index (χ4n) is 1.04. The molecule has 1 rings (SSSR count). The summed E-state index contributed by atoms with van der Waals surface area (Å²) in [7, 11) is 0. The van der Waals surface area contributed by atoms with Gasteiger partial charge in [-0.05, 0) is 25.0 Å². The molecule has 13 heavy (non-hydrogen) atoms. The molecular weight excluding hydrogens is 169 g/mol. The third kappa shape index (κ3) is 2.34. The highest BCUT2D eigenvalue weighted by atomic mass is 19.1. The van der Waals surface area contributed by atoms with Crippen molar-refractivity contribution < 1.29 is 9.13 Å². The highest BCUT2D eigenvalue weighted by molar-refractivity contribution is 5.49. The molecule has 0 aromatic heterocycles. The quantitative estimate of drug-likeness (QED) is 0.731. The molecule has 0 radical (unpaired) electrons. The standard InChI is InChI=1S/C10H14FNO/c1-3-4-13-10-6-9(12)8(11)5-7(10)2/h5-6H,3-4,12H2,1-2H3. The van der Waals surface area contributed by atoms with Crippen LogP contribution in [0, 0.1) is 12.7 Å². The van der Waals surface area contributed by atoms with Crippen molar-refractivity contribution in [2.24, 2.45) is 0 Å². The van der Waals surface area contributed by atoms with Gasteiger partial charge in [0.2, 0.25) is 0 Å². The largest absolute Gasteiger partial charge is 0.493 e. The Bertz CT molecular complexity index is 299. The van der Waals surface area contributed by atoms with E-state index in [0.717, 1.165) is 12.0 Å². The first kappa shape index (κ1) is 9.84. The summed E-state index contributed by atoms with van der Waals surface area (Å²) in [4.78, 5) is 0. The van der Waals surface area contributed by atoms with Crippen molar-refractivity contribution in [2.75, 3.05) is 12.3 Å². The molecule has 0 atom stereocenters. The third-order valence-corrected chi connectivity index (χ3v) is 1.76. The maximum Gasteiger partial charge on any atom is 0.146 e. The molecule has 0 spiro atoms. The lowest BCUT2D eigenvalue weighted by Gasteiger charge is -2.09. The van der Waals surface area contributed by atoms with E-state index >= 15 is 0 Å². The van der Waals surface area contributed by atoms with E-state index in [1.807, 2.05) is 6.92 Å². The minimum atomic E-state index is -0.388. The predicted molar refractivity (Wildman–Crippen MR) is 51.3 cm³/mol. The Labute approximate surface area is 77.5 Å². The van der Waals surface area contributed by atoms with Gasteiger partial charge in [0.1, 0.15) is 11.6 Å². The maximum absolute atomic E-state index is 12.9. The van der Waals surface area contributed by atoms with Crippen LogP contribution in [0.15, 0.2) is 12.1 Å². The number of nitrogens with two attached hydrogens (primary N) is 1. The van der Waals surface area contributed by atoms with Crippen molar-refractivity contribution >= 4 is 5.69 Å². The summed E-state index contributed by atoms with van der Waals surface area (Å²) in [5.74, 6) is 0.280. The highest BCUT2D eigenvalue weighted by Crippen LogP contribution is 2.23. The molecule has 3 heteroatoms. The molecule has 0 aliphatic heterocycles. The van der Waals surface area contributed by atoms with Crippen LogP contribution in [0.3, 0.4) is 0 Å². The van der Waals surface area contributed by atoms with Crippen LogP contribution in [0.1, 0.15) is 18.9 Å². The van der Waals surface area contributed by atoms with Gasteiger partial charge in [0.15, 0.2) is 0 Å². The Kier molecular flexibility index (Phi) is 3.12. The molecule has 2 nitrogen and oxygen atoms in total. The van der Waals surface area contributed by atoms with Gasteiger partial charge in [0, 0.05) is 6.07 Å². The molecule has 0 unspecified atom stereocenters. The first-order valence-corrected chi connectivity index (χ1v) is 4.33. The fraction of sp³-hybridized carbons (Fsp3) is 0.400. The Morgan fingerprint density at radius 1 is 1.46 bits per heavy atom. The fourth-order valence-corrected chi connectivity index (χ4v) is 1.04. The lowest BCUT2D eigenvalue weighted by atomic mass is 10.2. The summed E-state index contributed by atoms with van der Waals surface area (Å²) in [5, 5.41) is 0. The zero-order chi connectivity index (χ0) is 9.84. The number of halogens is 1. The van der Waals surface area contributed by atoms with E-state index in [0.29, 0.717) is 12.4 Å². The number of aryl methyl sites for hydroxylation is 1. The molecule has 72 valence electrons. The van der Waals surface area contributed by atoms with Crippen LogP contribution in [-0.2, 0) is 0 Å². The van der Waals surface area contributed by atoms with E-state index in [1.54, 1.807) is 6.92 Å². The highest BCUT2D eigenvalue weighted by Gasteiger charge is 2.04. The lowest BCUT2D eigenvalue weighted by Crippen LogP contribution is -1.99. The summed E-state index contributed by atoms with van der Waals surface area (Å²) >= 11 is 0. The zero-order valence-corrected chi connectivity index (χ0v) is 7.93. The smallest absolute Gasteiger partial charge is 0.146 e. The van der Waals surface area contributed by atoms with Gasteiger partial charge in [-0.25, -0.2) is 4.39 Å². The number of nitrogen functional groups attached to an aromatic ring is 1. The second kappa shape index (κ2) is 4.12. The molecule has 2 N–H and O–H groups in total. The first-order chi connectivity index (χ1) is 6.15. The van der Waals surface area contributed by atoms with Gasteiger partial charge < -0.3 is 10.5 Å². The van der Waals surface area contributed by atoms with Gasteiger partial charge in [0.25, 0.3) is 0 Å². The molecule has 0 bridgehead atoms. The second-order valence-corrected chi connectivity index (χ2v) is 2.99. The summed E-state index contributed by atoms with van der Waals surface area (Å²) < 4.78 is 18.3. The van der Waals surface area contributed by atoms with E-state index in [1.165, 1.54) is 12.1 Å². The van der Waals surface area contributed by atoms with E-state index in [4.69, 9.17) is 10.5 Å². The van der Waals surface area contributed by atoms with Crippen molar-refractivity contribution in [1.82, 2.24) is 0 Å². The van der Waals surface area contributed by atoms with E-state index in [2.05, 4.69) is 0 Å². The van der Waals surface area contributed by atoms with Crippen molar-refractivity contribution in [2.45, 2.75) is 20.3 Å². The molecule has 0 amide bonds. The molecule has 0 aliphatic carbocycles. The average molecular weight is 183 g/mol. The first-order valence-electron chi connectivity index (χ1n) is 4.33. The number of hydrogen-bond acceptors (Lipinski definition) is 2. The topological polar surface area (TPSA) is 35.2 Å². The van der Waals surface area contributed by atoms with E-state index < -0.39 is 0 Å². The molecule has 0 saturated heterocycles. The number of ether oxygens (including phenoxy) is 1. The second-order valence-electron chi connectivity index (χ2n) is 2.99. The SMILES string of the molecule is CCCOc1cc(N)c(F)cc1C. The molecule has 1 aromatic carbocycles. The van der Waals surface area contributed by atoms with Crippen LogP contribution in [0.25, 0.3) is 0 Å². The summed E-state index contributed by atoms with van der Waals surface area (Å²) in [5.41, 5.74) is 6.32. The van der Waals surface area contributed by atoms with Gasteiger partial charge in [-0.2, -0.15) is 0 Å². The molecule has 1 aromatic rings. The zero-order valence-electron chi connectivity index (χ0n) is 7.93. The average Bonchev–Trinajstić information content (AvgIpc) is 2.09. The molecule has 0 aliphatic rings. The number of anilines is 1. The number of hydrogen-bond donors (Lipinski definition) is 1. The summed E-state index contributed by atoms with van der Waals surface area (Å²) in [6.07, 6.45) is 0.927. The van der Waals surface area contributed by atoms with Crippen LogP contribution in [-0.4, -0.2) is 6.61 Å². The van der Waals surface area contributed by atoms with Crippen LogP contribution in [0.4, 0.5) is 10.1 Å². The van der Waals surface area contributed by atoms with Crippen LogP contribution in [0.2, 0.25) is 0 Å². The Morgan fingerprint density at radius 3 is 2.77 bits per heavy atom. The third-order valence-electron chi connectivity index (χ3n) is 1.76. The number of benzene rings is 1. The van der Waals surface area contributed by atoms with Gasteiger partial charge in [-0.3, -0.25) is 0 Å². The van der Waals surface area contributed by atoms with Gasteiger partial charge in [-0.15, -0.1) is 0 Å². The Balaban J connectivity index is 2.88. The Morgan fingerprint density at radius 2 is 2.15 bits per heavy atom. The monoisotopic (exact) mass is 183 g/mol. The summed E-state index contributed by atoms with van der Waals surface area (Å²) in [6.45, 7) is 4.45. The van der Waals surface area contributed by atoms with Crippen molar-refractivity contribution in [3.63, 3.8) is 0 Å². The van der Waals surface area contributed by atoms with Gasteiger partial charge in [0.05, 0.1) is 12.3 Å². The maximum atomic E-state index is 12.9. The summed E-state index contributed by atoms with van der Waals surface area (Å²) in [6, 6.07) is 2.92. The lowest BCUT2D eigenvalue weighted by molar-refractivity contribution is 0.315. The van der Waals surface area contributed by atoms with Crippen LogP contribution < -0.4 is 10.5 Å². The molecule has 0 heterocycles. The van der Waals surface area contributed by atoms with E-state index in [-0.39, 0.29) is 11.5 Å². The van der Waals surface area contributed by atoms with Gasteiger partial charge in [-0.1, -0.05) is 6.92 Å².